The van der Waals surface area contributed by atoms with E-state index in [2.05, 4.69) is 22.5 Å². The molecule has 0 saturated carbocycles. The summed E-state index contributed by atoms with van der Waals surface area (Å²) in [6.45, 7) is 1.25. The third kappa shape index (κ3) is 6.67. The molecule has 3 rings (SSSR count). The fraction of sp³-hybridized carbons (Fsp3) is 0.222. The summed E-state index contributed by atoms with van der Waals surface area (Å²) in [7, 11) is 7.13. The van der Waals surface area contributed by atoms with Crippen LogP contribution in [-0.4, -0.2) is 45.7 Å². The van der Waals surface area contributed by atoms with Gasteiger partial charge in [0.25, 0.3) is 5.91 Å². The van der Waals surface area contributed by atoms with Crippen molar-refractivity contribution in [2.24, 2.45) is 0 Å². The fourth-order valence-corrected chi connectivity index (χ4v) is 3.16. The molecule has 1 amide bonds. The molecule has 3 aromatic carbocycles. The molecule has 0 aliphatic rings. The van der Waals surface area contributed by atoms with Crippen molar-refractivity contribution in [3.8, 4) is 23.3 Å². The summed E-state index contributed by atoms with van der Waals surface area (Å²) in [4.78, 5) is 14.7. The van der Waals surface area contributed by atoms with E-state index in [1.807, 2.05) is 55.4 Å². The molecule has 0 bridgehead atoms. The summed E-state index contributed by atoms with van der Waals surface area (Å²) in [5.74, 6) is 7.27. The number of rotatable bonds is 8. The van der Waals surface area contributed by atoms with E-state index in [-0.39, 0.29) is 5.91 Å². The highest BCUT2D eigenvalue weighted by Crippen LogP contribution is 2.30. The van der Waals surface area contributed by atoms with Gasteiger partial charge in [-0.2, -0.15) is 0 Å². The minimum absolute atomic E-state index is 0.232. The summed E-state index contributed by atoms with van der Waals surface area (Å²) in [6.07, 6.45) is 0. The number of nitrogens with one attached hydrogen (secondary N) is 2. The van der Waals surface area contributed by atoms with Crippen LogP contribution in [-0.2, 0) is 6.54 Å². The highest BCUT2D eigenvalue weighted by atomic mass is 16.5. The van der Waals surface area contributed by atoms with Crippen LogP contribution in [0.4, 0.5) is 17.1 Å². The molecular formula is C27H30N4O3. The second-order valence-corrected chi connectivity index (χ2v) is 7.92. The predicted octanol–water partition coefficient (Wildman–Crippen LogP) is 4.06. The van der Waals surface area contributed by atoms with Crippen molar-refractivity contribution in [1.29, 1.82) is 0 Å². The highest BCUT2D eigenvalue weighted by Gasteiger charge is 2.09. The number of ether oxygens (including phenoxy) is 2. The van der Waals surface area contributed by atoms with E-state index < -0.39 is 0 Å². The van der Waals surface area contributed by atoms with Crippen LogP contribution in [0.15, 0.2) is 60.7 Å². The Morgan fingerprint density at radius 1 is 0.971 bits per heavy atom. The van der Waals surface area contributed by atoms with Crippen LogP contribution >= 0.6 is 0 Å². The third-order valence-corrected chi connectivity index (χ3v) is 5.03. The van der Waals surface area contributed by atoms with E-state index in [1.165, 1.54) is 0 Å². The van der Waals surface area contributed by atoms with Crippen molar-refractivity contribution in [2.75, 3.05) is 51.2 Å². The fourth-order valence-electron chi connectivity index (χ4n) is 3.16. The van der Waals surface area contributed by atoms with Crippen molar-refractivity contribution in [2.45, 2.75) is 6.54 Å². The van der Waals surface area contributed by atoms with Crippen LogP contribution in [0.25, 0.3) is 0 Å². The first-order valence-electron chi connectivity index (χ1n) is 10.8. The number of hydrogen-bond acceptors (Lipinski definition) is 6. The van der Waals surface area contributed by atoms with Gasteiger partial charge in [0.2, 0.25) is 0 Å². The molecule has 0 aromatic heterocycles. The molecule has 3 aromatic rings. The molecule has 0 radical (unpaired) electrons. The van der Waals surface area contributed by atoms with Gasteiger partial charge in [0.05, 0.1) is 32.1 Å². The van der Waals surface area contributed by atoms with Gasteiger partial charge in [-0.15, -0.1) is 0 Å². The molecule has 0 aliphatic carbocycles. The van der Waals surface area contributed by atoms with Crippen LogP contribution in [0.5, 0.6) is 11.5 Å². The molecule has 0 atom stereocenters. The summed E-state index contributed by atoms with van der Waals surface area (Å²) < 4.78 is 10.6. The van der Waals surface area contributed by atoms with Crippen LogP contribution in [0.2, 0.25) is 0 Å². The lowest BCUT2D eigenvalue weighted by Gasteiger charge is -2.12. The lowest BCUT2D eigenvalue weighted by molar-refractivity contribution is 0.102. The number of nitrogens with zero attached hydrogens (tertiary/aromatic N) is 1. The Labute approximate surface area is 200 Å². The molecule has 0 aliphatic heterocycles. The number of carbonyl (C=O) groups excluding carboxylic acids is 1. The van der Waals surface area contributed by atoms with Crippen molar-refractivity contribution >= 4 is 23.0 Å². The smallest absolute Gasteiger partial charge is 0.255 e. The van der Waals surface area contributed by atoms with Gasteiger partial charge in [0.1, 0.15) is 0 Å². The van der Waals surface area contributed by atoms with E-state index in [9.17, 15) is 4.79 Å². The Morgan fingerprint density at radius 3 is 2.38 bits per heavy atom. The molecule has 4 N–H and O–H groups in total. The number of benzene rings is 3. The summed E-state index contributed by atoms with van der Waals surface area (Å²) in [6, 6.07) is 18.4. The Morgan fingerprint density at radius 2 is 1.71 bits per heavy atom. The molecule has 7 nitrogen and oxygen atoms in total. The van der Waals surface area contributed by atoms with Gasteiger partial charge in [-0.25, -0.2) is 0 Å². The maximum Gasteiger partial charge on any atom is 0.255 e. The summed E-state index contributed by atoms with van der Waals surface area (Å²) in [5, 5.41) is 6.23. The number of amides is 1. The maximum absolute atomic E-state index is 12.8. The molecule has 0 saturated heterocycles. The zero-order valence-electron chi connectivity index (χ0n) is 19.9. The van der Waals surface area contributed by atoms with E-state index in [4.69, 9.17) is 15.2 Å². The SMILES string of the molecule is COc1ccc(NCc2ccc(C(=O)Nc3cc(C#CCN(C)C)ccc3N)cc2)cc1OC. The van der Waals surface area contributed by atoms with Crippen LogP contribution in [0.3, 0.4) is 0 Å². The van der Waals surface area contributed by atoms with E-state index in [0.717, 1.165) is 16.8 Å². The normalized spacial score (nSPS) is 10.3. The molecule has 176 valence electrons. The van der Waals surface area contributed by atoms with Gasteiger partial charge in [-0.3, -0.25) is 9.69 Å². The van der Waals surface area contributed by atoms with Gasteiger partial charge in [0.15, 0.2) is 11.5 Å². The van der Waals surface area contributed by atoms with E-state index >= 15 is 0 Å². The Bertz CT molecular complexity index is 1190. The standard InChI is InChI=1S/C27H30N4O3/c1-31(2)15-5-6-19-9-13-23(28)24(16-19)30-27(32)21-10-7-20(8-11-21)18-29-22-12-14-25(33-3)26(17-22)34-4/h7-14,16-17,29H,15,18,28H2,1-4H3,(H,30,32). The monoisotopic (exact) mass is 458 g/mol. The first-order chi connectivity index (χ1) is 16.4. The molecular weight excluding hydrogens is 428 g/mol. The van der Waals surface area contributed by atoms with E-state index in [0.29, 0.717) is 41.5 Å². The third-order valence-electron chi connectivity index (χ3n) is 5.03. The number of methoxy groups -OCH3 is 2. The number of nitrogen functional groups attached to an aromatic ring is 1. The topological polar surface area (TPSA) is 88.9 Å². The number of nitrogens with two attached hydrogens (primary N) is 1. The molecule has 7 heteroatoms. The zero-order chi connectivity index (χ0) is 24.5. The molecule has 0 fully saturated rings. The van der Waals surface area contributed by atoms with Crippen LogP contribution < -0.4 is 25.8 Å². The molecule has 34 heavy (non-hydrogen) atoms. The first kappa shape index (κ1) is 24.5. The van der Waals surface area contributed by atoms with Crippen molar-refractivity contribution in [3.05, 3.63) is 77.4 Å². The Hall–Kier alpha value is -4.15. The zero-order valence-corrected chi connectivity index (χ0v) is 19.9. The molecule has 0 spiro atoms. The van der Waals surface area contributed by atoms with Gasteiger partial charge >= 0.3 is 0 Å². The van der Waals surface area contributed by atoms with Gasteiger partial charge < -0.3 is 25.8 Å². The van der Waals surface area contributed by atoms with Crippen molar-refractivity contribution in [3.63, 3.8) is 0 Å². The quantitative estimate of drug-likeness (QED) is 0.348. The highest BCUT2D eigenvalue weighted by molar-refractivity contribution is 6.05. The second kappa shape index (κ2) is 11.6. The number of anilines is 3. The predicted molar refractivity (Wildman–Crippen MR) is 138 cm³/mol. The maximum atomic E-state index is 12.8. The number of hydrogen-bond donors (Lipinski definition) is 3. The lowest BCUT2D eigenvalue weighted by Crippen LogP contribution is -2.13. The van der Waals surface area contributed by atoms with Gasteiger partial charge in [-0.05, 0) is 62.1 Å². The largest absolute Gasteiger partial charge is 0.493 e. The lowest BCUT2D eigenvalue weighted by atomic mass is 10.1. The minimum Gasteiger partial charge on any atom is -0.493 e. The average molecular weight is 459 g/mol. The van der Waals surface area contributed by atoms with Crippen molar-refractivity contribution in [1.82, 2.24) is 4.90 Å². The summed E-state index contributed by atoms with van der Waals surface area (Å²) in [5.41, 5.74) is 10.4. The second-order valence-electron chi connectivity index (χ2n) is 7.92. The van der Waals surface area contributed by atoms with Crippen LogP contribution in [0.1, 0.15) is 21.5 Å². The van der Waals surface area contributed by atoms with Crippen molar-refractivity contribution < 1.29 is 14.3 Å². The summed E-state index contributed by atoms with van der Waals surface area (Å²) >= 11 is 0. The molecule has 0 unspecified atom stereocenters. The van der Waals surface area contributed by atoms with Crippen LogP contribution in [0, 0.1) is 11.8 Å². The number of carbonyl (C=O) groups is 1. The minimum atomic E-state index is -0.232. The van der Waals surface area contributed by atoms with E-state index in [1.54, 1.807) is 38.5 Å². The Balaban J connectivity index is 1.62. The Kier molecular flexibility index (Phi) is 8.38. The molecule has 0 heterocycles. The first-order valence-corrected chi connectivity index (χ1v) is 10.8. The van der Waals surface area contributed by atoms with Gasteiger partial charge in [0, 0.05) is 29.4 Å². The average Bonchev–Trinajstić information content (AvgIpc) is 2.84. The van der Waals surface area contributed by atoms with Gasteiger partial charge in [-0.1, -0.05) is 24.0 Å².